The van der Waals surface area contributed by atoms with Gasteiger partial charge in [-0.2, -0.15) is 5.10 Å². The number of nitrogens with zero attached hydrogens (tertiary/aromatic N) is 2. The summed E-state index contributed by atoms with van der Waals surface area (Å²) in [4.78, 5) is 53.0. The summed E-state index contributed by atoms with van der Waals surface area (Å²) in [7, 11) is 3.42. The van der Waals surface area contributed by atoms with Gasteiger partial charge in [-0.05, 0) is 29.8 Å². The van der Waals surface area contributed by atoms with Crippen molar-refractivity contribution in [1.82, 2.24) is 15.1 Å². The number of carbonyl (C=O) groups excluding carboxylic acids is 4. The molecule has 10 nitrogen and oxygen atoms in total. The molecule has 0 aliphatic carbocycles. The van der Waals surface area contributed by atoms with Crippen molar-refractivity contribution >= 4 is 47.0 Å². The van der Waals surface area contributed by atoms with Gasteiger partial charge < -0.3 is 19.5 Å². The van der Waals surface area contributed by atoms with Gasteiger partial charge in [0.25, 0.3) is 5.91 Å². The lowest BCUT2D eigenvalue weighted by Gasteiger charge is -2.29. The van der Waals surface area contributed by atoms with Gasteiger partial charge in [0, 0.05) is 11.1 Å². The van der Waals surface area contributed by atoms with Crippen molar-refractivity contribution in [2.24, 2.45) is 0 Å². The quantitative estimate of drug-likeness (QED) is 0.208. The molecule has 1 N–H and O–H groups in total. The molecular formula is C30H25Cl2N3O7. The summed E-state index contributed by atoms with van der Waals surface area (Å²) in [5.41, 5.74) is 0.0875. The van der Waals surface area contributed by atoms with Crippen molar-refractivity contribution in [3.8, 4) is 11.3 Å². The molecule has 0 bridgehead atoms. The lowest BCUT2D eigenvalue weighted by molar-refractivity contribution is -0.143. The molecule has 1 aromatic heterocycles. The number of benzene rings is 3. The maximum atomic E-state index is 13.4. The van der Waals surface area contributed by atoms with Crippen molar-refractivity contribution in [1.29, 1.82) is 0 Å². The fourth-order valence-corrected chi connectivity index (χ4v) is 5.04. The molecule has 0 radical (unpaired) electrons. The van der Waals surface area contributed by atoms with Crippen LogP contribution in [0.25, 0.3) is 11.3 Å². The predicted molar refractivity (Wildman–Crippen MR) is 155 cm³/mol. The molecule has 42 heavy (non-hydrogen) atoms. The van der Waals surface area contributed by atoms with Gasteiger partial charge in [-0.3, -0.25) is 9.48 Å². The summed E-state index contributed by atoms with van der Waals surface area (Å²) < 4.78 is 16.3. The standard InChI is InChI=1S/C30H25Cl2N3O7/c1-40-28(37)22-23(29(38)41-2)34-35(26(22)21-19(31)15-10-16-20(21)32)25(17-11-6-4-7-12-17)24(30(39)42-3)33-27(36)18-13-8-5-9-14-18/h4-16,24-25H,1-3H3,(H,33,36)/t24-,25-/m1/s1. The lowest BCUT2D eigenvalue weighted by Crippen LogP contribution is -2.48. The Morgan fingerprint density at radius 1 is 0.762 bits per heavy atom. The van der Waals surface area contributed by atoms with Gasteiger partial charge >= 0.3 is 17.9 Å². The van der Waals surface area contributed by atoms with Crippen LogP contribution in [-0.4, -0.2) is 61.0 Å². The van der Waals surface area contributed by atoms with E-state index >= 15 is 0 Å². The molecule has 0 fully saturated rings. The zero-order valence-electron chi connectivity index (χ0n) is 22.7. The number of hydrogen-bond donors (Lipinski definition) is 1. The molecule has 0 saturated carbocycles. The first-order chi connectivity index (χ1) is 20.2. The highest BCUT2D eigenvalue weighted by atomic mass is 35.5. The molecule has 216 valence electrons. The SMILES string of the molecule is COC(=O)c1nn([C@H](c2ccccc2)[C@@H](NC(=O)c2ccccc2)C(=O)OC)c(-c2c(Cl)cccc2Cl)c1C(=O)OC. The van der Waals surface area contributed by atoms with Gasteiger partial charge in [0.15, 0.2) is 11.7 Å². The molecule has 1 amide bonds. The number of amides is 1. The number of methoxy groups -OCH3 is 3. The van der Waals surface area contributed by atoms with Crippen LogP contribution >= 0.6 is 23.2 Å². The zero-order valence-corrected chi connectivity index (χ0v) is 24.2. The molecule has 12 heteroatoms. The van der Waals surface area contributed by atoms with E-state index in [-0.39, 0.29) is 32.4 Å². The first-order valence-electron chi connectivity index (χ1n) is 12.5. The van der Waals surface area contributed by atoms with Crippen LogP contribution in [0.5, 0.6) is 0 Å². The van der Waals surface area contributed by atoms with Crippen LogP contribution in [0.3, 0.4) is 0 Å². The van der Waals surface area contributed by atoms with E-state index in [1.165, 1.54) is 23.9 Å². The van der Waals surface area contributed by atoms with E-state index in [1.54, 1.807) is 66.7 Å². The van der Waals surface area contributed by atoms with E-state index in [4.69, 9.17) is 37.4 Å². The second kappa shape index (κ2) is 13.3. The number of carbonyl (C=O) groups is 4. The fourth-order valence-electron chi connectivity index (χ4n) is 4.47. The van der Waals surface area contributed by atoms with Crippen molar-refractivity contribution in [2.45, 2.75) is 12.1 Å². The van der Waals surface area contributed by atoms with Crippen molar-refractivity contribution in [3.63, 3.8) is 0 Å². The van der Waals surface area contributed by atoms with Crippen molar-refractivity contribution in [2.75, 3.05) is 21.3 Å². The Morgan fingerprint density at radius 2 is 1.33 bits per heavy atom. The van der Waals surface area contributed by atoms with E-state index in [0.717, 1.165) is 14.2 Å². The maximum Gasteiger partial charge on any atom is 0.359 e. The Hall–Kier alpha value is -4.67. The molecule has 0 aliphatic heterocycles. The van der Waals surface area contributed by atoms with E-state index in [2.05, 4.69) is 10.4 Å². The highest BCUT2D eigenvalue weighted by molar-refractivity contribution is 6.39. The number of rotatable bonds is 9. The van der Waals surface area contributed by atoms with Gasteiger partial charge in [-0.15, -0.1) is 0 Å². The third-order valence-corrected chi connectivity index (χ3v) is 7.01. The van der Waals surface area contributed by atoms with Gasteiger partial charge in [-0.1, -0.05) is 77.8 Å². The van der Waals surface area contributed by atoms with E-state index in [9.17, 15) is 19.2 Å². The summed E-state index contributed by atoms with van der Waals surface area (Å²) >= 11 is 13.2. The Balaban J connectivity index is 2.10. The number of nitrogens with one attached hydrogen (secondary N) is 1. The predicted octanol–water partition coefficient (Wildman–Crippen LogP) is 4.99. The van der Waals surface area contributed by atoms with Crippen molar-refractivity contribution < 1.29 is 33.4 Å². The monoisotopic (exact) mass is 609 g/mol. The van der Waals surface area contributed by atoms with E-state index in [0.29, 0.717) is 5.56 Å². The topological polar surface area (TPSA) is 126 Å². The van der Waals surface area contributed by atoms with Crippen LogP contribution < -0.4 is 5.32 Å². The minimum Gasteiger partial charge on any atom is -0.467 e. The molecule has 1 heterocycles. The number of esters is 3. The molecule has 0 spiro atoms. The number of aromatic nitrogens is 2. The molecule has 0 saturated heterocycles. The normalized spacial score (nSPS) is 12.1. The van der Waals surface area contributed by atoms with Gasteiger partial charge in [-0.25, -0.2) is 14.4 Å². The van der Waals surface area contributed by atoms with Crippen LogP contribution in [0.2, 0.25) is 10.0 Å². The molecule has 3 aromatic carbocycles. The molecule has 0 unspecified atom stereocenters. The van der Waals surface area contributed by atoms with Gasteiger partial charge in [0.05, 0.1) is 37.1 Å². The van der Waals surface area contributed by atoms with Crippen LogP contribution in [0, 0.1) is 0 Å². The first-order valence-corrected chi connectivity index (χ1v) is 13.2. The largest absolute Gasteiger partial charge is 0.467 e. The minimum absolute atomic E-state index is 0.0467. The molecule has 2 atom stereocenters. The van der Waals surface area contributed by atoms with E-state index in [1.807, 2.05) is 0 Å². The second-order valence-corrected chi connectivity index (χ2v) is 9.61. The second-order valence-electron chi connectivity index (χ2n) is 8.79. The maximum absolute atomic E-state index is 13.4. The first kappa shape index (κ1) is 30.3. The van der Waals surface area contributed by atoms with Gasteiger partial charge in [0.2, 0.25) is 0 Å². The smallest absolute Gasteiger partial charge is 0.359 e. The number of hydrogen-bond acceptors (Lipinski definition) is 8. The summed E-state index contributed by atoms with van der Waals surface area (Å²) in [6.07, 6.45) is 0. The Morgan fingerprint density at radius 3 is 1.88 bits per heavy atom. The number of ether oxygens (including phenoxy) is 3. The van der Waals surface area contributed by atoms with Gasteiger partial charge in [0.1, 0.15) is 11.6 Å². The third kappa shape index (κ3) is 6.00. The van der Waals surface area contributed by atoms with Crippen LogP contribution in [0.4, 0.5) is 0 Å². The summed E-state index contributed by atoms with van der Waals surface area (Å²) in [6, 6.07) is 18.8. The average molecular weight is 610 g/mol. The summed E-state index contributed by atoms with van der Waals surface area (Å²) in [5.74, 6) is -3.33. The fraction of sp³-hybridized carbons (Fsp3) is 0.167. The van der Waals surface area contributed by atoms with E-state index < -0.39 is 41.6 Å². The molecule has 0 aliphatic rings. The third-order valence-electron chi connectivity index (χ3n) is 6.38. The molecule has 4 rings (SSSR count). The Kier molecular flexibility index (Phi) is 9.61. The average Bonchev–Trinajstić information content (AvgIpc) is 3.39. The summed E-state index contributed by atoms with van der Waals surface area (Å²) in [5, 5.41) is 7.42. The highest BCUT2D eigenvalue weighted by Gasteiger charge is 2.40. The highest BCUT2D eigenvalue weighted by Crippen LogP contribution is 2.41. The number of halogens is 2. The van der Waals surface area contributed by atoms with Crippen LogP contribution in [0.15, 0.2) is 78.9 Å². The Labute approximate surface area is 251 Å². The Bertz CT molecular complexity index is 1600. The van der Waals surface area contributed by atoms with Crippen molar-refractivity contribution in [3.05, 3.63) is 111 Å². The van der Waals surface area contributed by atoms with Crippen LogP contribution in [-0.2, 0) is 19.0 Å². The van der Waals surface area contributed by atoms with Crippen LogP contribution in [0.1, 0.15) is 42.8 Å². The molecule has 4 aromatic rings. The summed E-state index contributed by atoms with van der Waals surface area (Å²) in [6.45, 7) is 0. The zero-order chi connectivity index (χ0) is 30.4. The molecular weight excluding hydrogens is 585 g/mol. The lowest BCUT2D eigenvalue weighted by atomic mass is 9.97. The minimum atomic E-state index is -1.43.